The molecule has 4 N–H and O–H groups in total. The number of nitrogen functional groups attached to an aromatic ring is 1. The van der Waals surface area contributed by atoms with Crippen molar-refractivity contribution in [2.24, 2.45) is 0 Å². The fourth-order valence-corrected chi connectivity index (χ4v) is 4.30. The summed E-state index contributed by atoms with van der Waals surface area (Å²) in [7, 11) is 0. The first-order valence-corrected chi connectivity index (χ1v) is 12.2. The topological polar surface area (TPSA) is 137 Å². The van der Waals surface area contributed by atoms with Gasteiger partial charge in [0.2, 0.25) is 0 Å². The van der Waals surface area contributed by atoms with Gasteiger partial charge in [0, 0.05) is 23.0 Å². The summed E-state index contributed by atoms with van der Waals surface area (Å²) >= 11 is 0. The molecule has 0 aliphatic heterocycles. The molecule has 3 heterocycles. The van der Waals surface area contributed by atoms with Crippen molar-refractivity contribution in [3.05, 3.63) is 90.1 Å². The highest BCUT2D eigenvalue weighted by Crippen LogP contribution is 2.40. The summed E-state index contributed by atoms with van der Waals surface area (Å²) in [5.41, 5.74) is 9.49. The first kappa shape index (κ1) is 26.2. The maximum Gasteiger partial charge on any atom is 0.341 e. The van der Waals surface area contributed by atoms with Gasteiger partial charge in [-0.05, 0) is 66.6 Å². The molecule has 2 amide bonds. The second-order valence-electron chi connectivity index (χ2n) is 8.57. The van der Waals surface area contributed by atoms with E-state index in [1.54, 1.807) is 31.2 Å². The van der Waals surface area contributed by atoms with Gasteiger partial charge in [0.05, 0.1) is 17.9 Å². The van der Waals surface area contributed by atoms with Crippen molar-refractivity contribution in [3.8, 4) is 22.4 Å². The number of nitrogens with two attached hydrogens (primary N) is 1. The number of carbonyl (C=O) groups excluding carboxylic acids is 2. The first-order valence-electron chi connectivity index (χ1n) is 12.2. The second-order valence-corrected chi connectivity index (χ2v) is 8.57. The van der Waals surface area contributed by atoms with Crippen LogP contribution in [-0.2, 0) is 11.4 Å². The third-order valence-electron chi connectivity index (χ3n) is 6.00. The highest BCUT2D eigenvalue weighted by molar-refractivity contribution is 6.10. The molecule has 2 aromatic carbocycles. The average molecular weight is 544 g/mol. The minimum absolute atomic E-state index is 0.119. The Morgan fingerprint density at radius 3 is 2.42 bits per heavy atom. The summed E-state index contributed by atoms with van der Waals surface area (Å²) < 4.78 is 33.5. The van der Waals surface area contributed by atoms with Crippen LogP contribution < -0.4 is 16.4 Å². The number of amides is 2. The molecule has 12 heteroatoms. The Labute approximate surface area is 226 Å². The van der Waals surface area contributed by atoms with Gasteiger partial charge in [-0.2, -0.15) is 5.10 Å². The van der Waals surface area contributed by atoms with Gasteiger partial charge < -0.3 is 15.8 Å². The number of anilines is 3. The zero-order chi connectivity index (χ0) is 28.2. The van der Waals surface area contributed by atoms with Crippen LogP contribution in [-0.4, -0.2) is 38.2 Å². The van der Waals surface area contributed by atoms with E-state index in [4.69, 9.17) is 10.5 Å². The Morgan fingerprint density at radius 1 is 1.00 bits per heavy atom. The van der Waals surface area contributed by atoms with Crippen LogP contribution in [0.2, 0.25) is 0 Å². The molecule has 10 nitrogen and oxygen atoms in total. The van der Waals surface area contributed by atoms with Crippen molar-refractivity contribution in [3.63, 3.8) is 0 Å². The minimum Gasteiger partial charge on any atom is -0.462 e. The van der Waals surface area contributed by atoms with E-state index in [0.29, 0.717) is 39.2 Å². The van der Waals surface area contributed by atoms with Gasteiger partial charge in [-0.1, -0.05) is 12.1 Å². The Balaban J connectivity index is 1.55. The van der Waals surface area contributed by atoms with E-state index in [1.807, 2.05) is 0 Å². The lowest BCUT2D eigenvalue weighted by molar-refractivity contribution is 0.0528. The molecule has 0 saturated heterocycles. The third-order valence-corrected chi connectivity index (χ3v) is 6.00. The van der Waals surface area contributed by atoms with E-state index in [2.05, 4.69) is 25.7 Å². The summed E-state index contributed by atoms with van der Waals surface area (Å²) in [6.45, 7) is 1.13. The number of fused-ring (bicyclic) bond motifs is 1. The Hall–Kier alpha value is -5.39. The van der Waals surface area contributed by atoms with Gasteiger partial charge in [-0.3, -0.25) is 5.32 Å². The maximum atomic E-state index is 13.7. The molecule has 202 valence electrons. The average Bonchev–Trinajstić information content (AvgIpc) is 3.30. The zero-order valence-electron chi connectivity index (χ0n) is 21.2. The molecule has 3 aromatic heterocycles. The van der Waals surface area contributed by atoms with Crippen LogP contribution in [0.25, 0.3) is 27.9 Å². The van der Waals surface area contributed by atoms with Crippen molar-refractivity contribution in [2.45, 2.75) is 13.6 Å². The van der Waals surface area contributed by atoms with Crippen molar-refractivity contribution in [1.29, 1.82) is 0 Å². The van der Waals surface area contributed by atoms with Crippen LogP contribution in [0.15, 0.2) is 73.2 Å². The number of hydrogen-bond acceptors (Lipinski definition) is 7. The summed E-state index contributed by atoms with van der Waals surface area (Å²) in [6, 6.07) is 14.6. The van der Waals surface area contributed by atoms with Crippen LogP contribution >= 0.6 is 0 Å². The molecule has 0 saturated carbocycles. The summed E-state index contributed by atoms with van der Waals surface area (Å²) in [4.78, 5) is 33.9. The molecule has 5 aromatic rings. The SMILES string of the molecule is CCOC(=O)c1c(-c2ccc(NC(=O)Nc3cc(CF)ccn3)cc2)c2c(N)ncnn2c1-c1ccc(F)cc1. The normalized spacial score (nSPS) is 10.9. The van der Waals surface area contributed by atoms with E-state index < -0.39 is 24.5 Å². The van der Waals surface area contributed by atoms with Crippen LogP contribution in [0.1, 0.15) is 22.8 Å². The van der Waals surface area contributed by atoms with Crippen LogP contribution in [0.5, 0.6) is 0 Å². The number of urea groups is 1. The summed E-state index contributed by atoms with van der Waals surface area (Å²) in [5, 5.41) is 9.57. The molecule has 0 fully saturated rings. The number of rotatable bonds is 7. The number of halogens is 2. The van der Waals surface area contributed by atoms with Crippen LogP contribution in [0.4, 0.5) is 30.9 Å². The van der Waals surface area contributed by atoms with Gasteiger partial charge >= 0.3 is 12.0 Å². The summed E-state index contributed by atoms with van der Waals surface area (Å²) in [5.74, 6) is -0.734. The lowest BCUT2D eigenvalue weighted by Gasteiger charge is -2.10. The van der Waals surface area contributed by atoms with Crippen LogP contribution in [0, 0.1) is 5.82 Å². The molecule has 0 aliphatic carbocycles. The molecule has 0 unspecified atom stereocenters. The first-order chi connectivity index (χ1) is 19.4. The van der Waals surface area contributed by atoms with Crippen molar-refractivity contribution >= 4 is 34.8 Å². The molecule has 0 spiro atoms. The fourth-order valence-electron chi connectivity index (χ4n) is 4.30. The molecule has 40 heavy (non-hydrogen) atoms. The third kappa shape index (κ3) is 5.14. The number of ether oxygens (including phenoxy) is 1. The molecule has 0 bridgehead atoms. The van der Waals surface area contributed by atoms with E-state index >= 15 is 0 Å². The predicted molar refractivity (Wildman–Crippen MR) is 146 cm³/mol. The number of benzene rings is 2. The number of hydrogen-bond donors (Lipinski definition) is 3. The predicted octanol–water partition coefficient (Wildman–Crippen LogP) is 5.47. The molecular weight excluding hydrogens is 520 g/mol. The lowest BCUT2D eigenvalue weighted by Crippen LogP contribution is -2.20. The van der Waals surface area contributed by atoms with Gasteiger partial charge in [-0.15, -0.1) is 0 Å². The number of carbonyl (C=O) groups is 2. The van der Waals surface area contributed by atoms with Gasteiger partial charge in [0.1, 0.15) is 30.2 Å². The van der Waals surface area contributed by atoms with Crippen molar-refractivity contribution in [1.82, 2.24) is 19.6 Å². The zero-order valence-corrected chi connectivity index (χ0v) is 21.2. The van der Waals surface area contributed by atoms with Gasteiger partial charge in [0.25, 0.3) is 0 Å². The number of aromatic nitrogens is 4. The van der Waals surface area contributed by atoms with E-state index in [0.717, 1.165) is 0 Å². The number of alkyl halides is 1. The largest absolute Gasteiger partial charge is 0.462 e. The lowest BCUT2D eigenvalue weighted by atomic mass is 9.98. The van der Waals surface area contributed by atoms with E-state index in [1.165, 1.54) is 53.4 Å². The quantitative estimate of drug-likeness (QED) is 0.232. The molecule has 0 aliphatic rings. The van der Waals surface area contributed by atoms with Crippen molar-refractivity contribution < 1.29 is 23.1 Å². The maximum absolute atomic E-state index is 13.7. The molecular formula is C28H23F2N7O3. The van der Waals surface area contributed by atoms with Crippen LogP contribution in [0.3, 0.4) is 0 Å². The Bertz CT molecular complexity index is 1700. The second kappa shape index (κ2) is 11.2. The minimum atomic E-state index is -0.679. The number of nitrogens with one attached hydrogen (secondary N) is 2. The van der Waals surface area contributed by atoms with Gasteiger partial charge in [-0.25, -0.2) is 32.9 Å². The number of esters is 1. The van der Waals surface area contributed by atoms with Crippen molar-refractivity contribution in [2.75, 3.05) is 23.0 Å². The number of pyridine rings is 1. The molecule has 0 radical (unpaired) electrons. The highest BCUT2D eigenvalue weighted by Gasteiger charge is 2.29. The number of nitrogens with zero attached hydrogens (tertiary/aromatic N) is 4. The van der Waals surface area contributed by atoms with Gasteiger partial charge in [0.15, 0.2) is 5.82 Å². The van der Waals surface area contributed by atoms with E-state index in [9.17, 15) is 18.4 Å². The standard InChI is InChI=1S/C28H23F2N7O3/c1-2-40-27(38)23-22(25-26(31)33-15-34-37(25)24(23)18-3-7-19(30)8-4-18)17-5-9-20(10-6-17)35-28(39)36-21-13-16(14-29)11-12-32-21/h3-13,15H,2,14H2,1H3,(H2,31,33,34)(H2,32,35,36,39). The smallest absolute Gasteiger partial charge is 0.341 e. The Morgan fingerprint density at radius 2 is 1.73 bits per heavy atom. The molecule has 5 rings (SSSR count). The monoisotopic (exact) mass is 543 g/mol. The fraction of sp³-hybridized carbons (Fsp3) is 0.107. The molecule has 0 atom stereocenters. The summed E-state index contributed by atoms with van der Waals surface area (Å²) in [6.07, 6.45) is 2.66. The highest BCUT2D eigenvalue weighted by atomic mass is 19.1. The van der Waals surface area contributed by atoms with E-state index in [-0.39, 0.29) is 23.8 Å². The Kier molecular flexibility index (Phi) is 7.31.